The summed E-state index contributed by atoms with van der Waals surface area (Å²) in [6, 6.07) is 21.1. The van der Waals surface area contributed by atoms with Crippen LogP contribution in [0.25, 0.3) is 34.2 Å². The second-order valence-electron chi connectivity index (χ2n) is 8.74. The minimum Gasteiger partial charge on any atom is -0.208 e. The summed E-state index contributed by atoms with van der Waals surface area (Å²) in [5.41, 5.74) is 6.62. The molecule has 0 aliphatic carbocycles. The Kier molecular flexibility index (Phi) is 8.28. The van der Waals surface area contributed by atoms with Gasteiger partial charge in [-0.2, -0.15) is 0 Å². The Morgan fingerprint density at radius 2 is 1.06 bits per heavy atom. The smallest absolute Gasteiger partial charge is 0.164 e. The van der Waals surface area contributed by atoms with Gasteiger partial charge in [-0.15, -0.1) is 0 Å². The van der Waals surface area contributed by atoms with Crippen molar-refractivity contribution in [3.8, 4) is 34.2 Å². The van der Waals surface area contributed by atoms with Crippen molar-refractivity contribution in [3.05, 3.63) is 86.3 Å². The van der Waals surface area contributed by atoms with Crippen LogP contribution in [0.1, 0.15) is 49.3 Å². The Labute approximate surface area is 219 Å². The van der Waals surface area contributed by atoms with E-state index in [0.717, 1.165) is 43.2 Å². The van der Waals surface area contributed by atoms with Gasteiger partial charge in [-0.3, -0.25) is 0 Å². The van der Waals surface area contributed by atoms with Gasteiger partial charge in [0.25, 0.3) is 0 Å². The van der Waals surface area contributed by atoms with Crippen molar-refractivity contribution in [1.29, 1.82) is 0 Å². The molecule has 0 aliphatic heterocycles. The van der Waals surface area contributed by atoms with Crippen molar-refractivity contribution in [2.24, 2.45) is 0 Å². The molecule has 4 rings (SSSR count). The quantitative estimate of drug-likeness (QED) is 0.196. The Bertz CT molecular complexity index is 1210. The SMILES string of the molecule is CCCCCCc1ccc(-c2nc(-c3ccc(Br)c(C)c3)nc(-c3ccc(Br)c(C)c3)n2)cc1. The fourth-order valence-electron chi connectivity index (χ4n) is 3.91. The van der Waals surface area contributed by atoms with E-state index in [9.17, 15) is 0 Å². The van der Waals surface area contributed by atoms with Gasteiger partial charge in [0.15, 0.2) is 17.5 Å². The lowest BCUT2D eigenvalue weighted by Crippen LogP contribution is -2.01. The molecule has 3 aromatic carbocycles. The Hall–Kier alpha value is -2.37. The molecular formula is C29H29Br2N3. The van der Waals surface area contributed by atoms with Gasteiger partial charge in [-0.25, -0.2) is 15.0 Å². The molecule has 4 aromatic rings. The molecule has 0 saturated heterocycles. The molecule has 0 spiro atoms. The number of benzene rings is 3. The van der Waals surface area contributed by atoms with E-state index in [-0.39, 0.29) is 0 Å². The van der Waals surface area contributed by atoms with Crippen LogP contribution in [0.15, 0.2) is 69.6 Å². The third-order valence-electron chi connectivity index (χ3n) is 6.00. The molecule has 0 amide bonds. The van der Waals surface area contributed by atoms with E-state index < -0.39 is 0 Å². The normalized spacial score (nSPS) is 11.1. The van der Waals surface area contributed by atoms with Crippen molar-refractivity contribution in [3.63, 3.8) is 0 Å². The van der Waals surface area contributed by atoms with Gasteiger partial charge in [0.2, 0.25) is 0 Å². The fourth-order valence-corrected chi connectivity index (χ4v) is 4.40. The van der Waals surface area contributed by atoms with Crippen LogP contribution in [0.5, 0.6) is 0 Å². The predicted molar refractivity (Wildman–Crippen MR) is 149 cm³/mol. The Morgan fingerprint density at radius 1 is 0.588 bits per heavy atom. The molecular weight excluding hydrogens is 550 g/mol. The van der Waals surface area contributed by atoms with E-state index in [1.807, 2.05) is 24.3 Å². The summed E-state index contributed by atoms with van der Waals surface area (Å²) >= 11 is 7.19. The molecule has 3 nitrogen and oxygen atoms in total. The first-order chi connectivity index (χ1) is 16.4. The number of unbranched alkanes of at least 4 members (excludes halogenated alkanes) is 3. The first-order valence-corrected chi connectivity index (χ1v) is 13.4. The van der Waals surface area contributed by atoms with E-state index in [4.69, 9.17) is 15.0 Å². The number of aryl methyl sites for hydroxylation is 3. The summed E-state index contributed by atoms with van der Waals surface area (Å²) in [7, 11) is 0. The Morgan fingerprint density at radius 3 is 1.53 bits per heavy atom. The minimum atomic E-state index is 0.680. The van der Waals surface area contributed by atoms with Gasteiger partial charge in [0.05, 0.1) is 0 Å². The van der Waals surface area contributed by atoms with Gasteiger partial charge in [0, 0.05) is 25.6 Å². The van der Waals surface area contributed by atoms with Gasteiger partial charge in [0.1, 0.15) is 0 Å². The summed E-state index contributed by atoms with van der Waals surface area (Å²) in [4.78, 5) is 14.6. The van der Waals surface area contributed by atoms with Crippen LogP contribution < -0.4 is 0 Å². The van der Waals surface area contributed by atoms with E-state index in [0.29, 0.717) is 17.5 Å². The number of aromatic nitrogens is 3. The van der Waals surface area contributed by atoms with Crippen LogP contribution in [0.4, 0.5) is 0 Å². The summed E-state index contributed by atoms with van der Waals surface area (Å²) < 4.78 is 2.15. The molecule has 34 heavy (non-hydrogen) atoms. The van der Waals surface area contributed by atoms with Crippen molar-refractivity contribution >= 4 is 31.9 Å². The molecule has 5 heteroatoms. The van der Waals surface area contributed by atoms with Gasteiger partial charge >= 0.3 is 0 Å². The van der Waals surface area contributed by atoms with E-state index >= 15 is 0 Å². The lowest BCUT2D eigenvalue weighted by molar-refractivity contribution is 0.667. The first-order valence-electron chi connectivity index (χ1n) is 11.8. The van der Waals surface area contributed by atoms with Crippen molar-refractivity contribution in [2.75, 3.05) is 0 Å². The van der Waals surface area contributed by atoms with E-state index in [1.54, 1.807) is 0 Å². The molecule has 0 N–H and O–H groups in total. The Balaban J connectivity index is 1.74. The topological polar surface area (TPSA) is 38.7 Å². The monoisotopic (exact) mass is 577 g/mol. The zero-order chi connectivity index (χ0) is 24.1. The van der Waals surface area contributed by atoms with Crippen LogP contribution >= 0.6 is 31.9 Å². The molecule has 1 aromatic heterocycles. The van der Waals surface area contributed by atoms with Crippen LogP contribution in [0.3, 0.4) is 0 Å². The van der Waals surface area contributed by atoms with Gasteiger partial charge < -0.3 is 0 Å². The zero-order valence-electron chi connectivity index (χ0n) is 19.9. The molecule has 0 saturated carbocycles. The standard InChI is InChI=1S/C29H29Br2N3/c1-4-5-6-7-8-21-9-11-22(12-10-21)27-32-28(23-13-15-25(30)19(2)17-23)34-29(33-27)24-14-16-26(31)20(3)18-24/h9-18H,4-8H2,1-3H3. The molecule has 0 bridgehead atoms. The minimum absolute atomic E-state index is 0.680. The van der Waals surface area contributed by atoms with Crippen LogP contribution in [0.2, 0.25) is 0 Å². The molecule has 0 aliphatic rings. The fraction of sp³-hybridized carbons (Fsp3) is 0.276. The largest absolute Gasteiger partial charge is 0.208 e. The highest BCUT2D eigenvalue weighted by Crippen LogP contribution is 2.29. The van der Waals surface area contributed by atoms with E-state index in [1.165, 1.54) is 31.2 Å². The highest BCUT2D eigenvalue weighted by atomic mass is 79.9. The molecule has 1 heterocycles. The van der Waals surface area contributed by atoms with E-state index in [2.05, 4.69) is 89.0 Å². The molecule has 0 atom stereocenters. The molecule has 0 fully saturated rings. The molecule has 0 unspecified atom stereocenters. The average molecular weight is 579 g/mol. The van der Waals surface area contributed by atoms with Crippen molar-refractivity contribution in [2.45, 2.75) is 52.9 Å². The summed E-state index contributed by atoms with van der Waals surface area (Å²) in [5.74, 6) is 2.05. The number of nitrogens with zero attached hydrogens (tertiary/aromatic N) is 3. The lowest BCUT2D eigenvalue weighted by Gasteiger charge is -2.10. The lowest BCUT2D eigenvalue weighted by atomic mass is 10.0. The van der Waals surface area contributed by atoms with Gasteiger partial charge in [-0.05, 0) is 67.6 Å². The highest BCUT2D eigenvalue weighted by Gasteiger charge is 2.13. The summed E-state index contributed by atoms with van der Waals surface area (Å²) in [5, 5.41) is 0. The number of hydrogen-bond donors (Lipinski definition) is 0. The zero-order valence-corrected chi connectivity index (χ0v) is 23.1. The predicted octanol–water partition coefficient (Wildman–Crippen LogP) is 9.14. The summed E-state index contributed by atoms with van der Waals surface area (Å²) in [6.45, 7) is 6.40. The number of halogens is 2. The second kappa shape index (κ2) is 11.4. The highest BCUT2D eigenvalue weighted by molar-refractivity contribution is 9.10. The third kappa shape index (κ3) is 6.00. The maximum atomic E-state index is 4.88. The second-order valence-corrected chi connectivity index (χ2v) is 10.5. The number of rotatable bonds is 8. The van der Waals surface area contributed by atoms with Crippen LogP contribution in [0, 0.1) is 13.8 Å². The van der Waals surface area contributed by atoms with Crippen LogP contribution in [-0.4, -0.2) is 15.0 Å². The van der Waals surface area contributed by atoms with Crippen molar-refractivity contribution in [1.82, 2.24) is 15.0 Å². The maximum absolute atomic E-state index is 4.88. The third-order valence-corrected chi connectivity index (χ3v) is 7.78. The molecule has 0 radical (unpaired) electrons. The number of hydrogen-bond acceptors (Lipinski definition) is 3. The summed E-state index contributed by atoms with van der Waals surface area (Å²) in [6.07, 6.45) is 6.21. The van der Waals surface area contributed by atoms with Gasteiger partial charge in [-0.1, -0.05) is 94.4 Å². The first kappa shape index (κ1) is 24.7. The molecule has 174 valence electrons. The van der Waals surface area contributed by atoms with Crippen molar-refractivity contribution < 1.29 is 0 Å². The average Bonchev–Trinajstić information content (AvgIpc) is 2.85. The van der Waals surface area contributed by atoms with Crippen LogP contribution in [-0.2, 0) is 6.42 Å². The maximum Gasteiger partial charge on any atom is 0.164 e.